The molecule has 3 heteroatoms. The van der Waals surface area contributed by atoms with E-state index in [0.717, 1.165) is 37.0 Å². The van der Waals surface area contributed by atoms with Crippen molar-refractivity contribution in [1.29, 1.82) is 0 Å². The quantitative estimate of drug-likeness (QED) is 0.444. The summed E-state index contributed by atoms with van der Waals surface area (Å²) in [5, 5.41) is 4.46. The molecule has 120 valence electrons. The fourth-order valence-corrected chi connectivity index (χ4v) is 3.02. The lowest BCUT2D eigenvalue weighted by molar-refractivity contribution is -0.125. The molecule has 0 radical (unpaired) electrons. The molecule has 0 atom stereocenters. The summed E-state index contributed by atoms with van der Waals surface area (Å²) in [5.74, 6) is 0.258. The molecule has 0 aliphatic heterocycles. The summed E-state index contributed by atoms with van der Waals surface area (Å²) < 4.78 is 0. The van der Waals surface area contributed by atoms with Crippen LogP contribution in [0.2, 0.25) is 0 Å². The third-order valence-corrected chi connectivity index (χ3v) is 4.40. The number of hydrogen-bond acceptors (Lipinski definition) is 2. The third-order valence-electron chi connectivity index (χ3n) is 4.40. The molecular formula is C19H28N2O. The van der Waals surface area contributed by atoms with E-state index in [1.807, 2.05) is 18.2 Å². The number of nitrogens with zero attached hydrogens (tertiary/aromatic N) is 1. The number of hydrogen-bond donors (Lipinski definition) is 1. The molecule has 3 nitrogen and oxygen atoms in total. The molecule has 1 aliphatic rings. The Morgan fingerprint density at radius 2 is 1.86 bits per heavy atom. The topological polar surface area (TPSA) is 41.5 Å². The standard InChI is InChI=1S/C19H28N2O/c1-2-3-6-15-18(16-11-7-4-8-12-16)20-21-19(22)17-13-9-5-10-14-17/h4,7-8,11-12,17H,2-3,5-6,9-10,13-15H2,1H3,(H,21,22)/b20-18-. The van der Waals surface area contributed by atoms with E-state index in [2.05, 4.69) is 29.6 Å². The summed E-state index contributed by atoms with van der Waals surface area (Å²) in [6.07, 6.45) is 10.0. The molecule has 0 spiro atoms. The van der Waals surface area contributed by atoms with Crippen molar-refractivity contribution < 1.29 is 4.79 Å². The highest BCUT2D eigenvalue weighted by molar-refractivity contribution is 6.01. The van der Waals surface area contributed by atoms with Gasteiger partial charge in [-0.15, -0.1) is 0 Å². The van der Waals surface area contributed by atoms with Crippen LogP contribution in [-0.2, 0) is 4.79 Å². The van der Waals surface area contributed by atoms with E-state index in [0.29, 0.717) is 0 Å². The van der Waals surface area contributed by atoms with Gasteiger partial charge in [-0.1, -0.05) is 69.4 Å². The average molecular weight is 300 g/mol. The summed E-state index contributed by atoms with van der Waals surface area (Å²) in [6.45, 7) is 2.20. The summed E-state index contributed by atoms with van der Waals surface area (Å²) in [7, 11) is 0. The Labute approximate surface area is 134 Å². The maximum absolute atomic E-state index is 12.2. The second kappa shape index (κ2) is 9.39. The van der Waals surface area contributed by atoms with E-state index in [1.54, 1.807) is 0 Å². The molecular weight excluding hydrogens is 272 g/mol. The normalized spacial score (nSPS) is 16.5. The van der Waals surface area contributed by atoms with Gasteiger partial charge in [-0.2, -0.15) is 5.10 Å². The van der Waals surface area contributed by atoms with Crippen LogP contribution in [0.4, 0.5) is 0 Å². The van der Waals surface area contributed by atoms with Crippen molar-refractivity contribution in [3.8, 4) is 0 Å². The zero-order valence-corrected chi connectivity index (χ0v) is 13.7. The minimum atomic E-state index is 0.101. The summed E-state index contributed by atoms with van der Waals surface area (Å²) in [4.78, 5) is 12.2. The number of carbonyl (C=O) groups excluding carboxylic acids is 1. The number of carbonyl (C=O) groups is 1. The largest absolute Gasteiger partial charge is 0.273 e. The molecule has 1 N–H and O–H groups in total. The predicted molar refractivity (Wildman–Crippen MR) is 91.8 cm³/mol. The molecule has 0 unspecified atom stereocenters. The van der Waals surface area contributed by atoms with Gasteiger partial charge in [0.1, 0.15) is 0 Å². The first-order valence-corrected chi connectivity index (χ1v) is 8.73. The number of amides is 1. The highest BCUT2D eigenvalue weighted by Crippen LogP contribution is 2.23. The second-order valence-electron chi connectivity index (χ2n) is 6.19. The van der Waals surface area contributed by atoms with Crippen molar-refractivity contribution in [2.45, 2.75) is 64.7 Å². The minimum Gasteiger partial charge on any atom is -0.273 e. The highest BCUT2D eigenvalue weighted by atomic mass is 16.2. The zero-order valence-electron chi connectivity index (χ0n) is 13.7. The Hall–Kier alpha value is -1.64. The lowest BCUT2D eigenvalue weighted by Gasteiger charge is -2.19. The first kappa shape index (κ1) is 16.7. The van der Waals surface area contributed by atoms with Crippen LogP contribution in [0.5, 0.6) is 0 Å². The Balaban J connectivity index is 1.98. The van der Waals surface area contributed by atoms with Gasteiger partial charge in [0.2, 0.25) is 5.91 Å². The van der Waals surface area contributed by atoms with Gasteiger partial charge < -0.3 is 0 Å². The van der Waals surface area contributed by atoms with E-state index in [4.69, 9.17) is 0 Å². The SMILES string of the molecule is CCCCC/C(=N/NC(=O)C1CCCCC1)c1ccccc1. The van der Waals surface area contributed by atoms with Crippen molar-refractivity contribution in [2.75, 3.05) is 0 Å². The first-order chi connectivity index (χ1) is 10.8. The van der Waals surface area contributed by atoms with Gasteiger partial charge in [0.05, 0.1) is 5.71 Å². The van der Waals surface area contributed by atoms with Crippen LogP contribution in [0.15, 0.2) is 35.4 Å². The number of hydrazone groups is 1. The van der Waals surface area contributed by atoms with E-state index in [-0.39, 0.29) is 11.8 Å². The van der Waals surface area contributed by atoms with E-state index < -0.39 is 0 Å². The molecule has 0 heterocycles. The second-order valence-corrected chi connectivity index (χ2v) is 6.19. The molecule has 1 amide bonds. The summed E-state index contributed by atoms with van der Waals surface area (Å²) in [5.41, 5.74) is 4.94. The predicted octanol–water partition coefficient (Wildman–Crippen LogP) is 4.67. The van der Waals surface area contributed by atoms with Crippen LogP contribution < -0.4 is 5.43 Å². The number of unbranched alkanes of at least 4 members (excludes halogenated alkanes) is 2. The average Bonchev–Trinajstić information content (AvgIpc) is 2.59. The van der Waals surface area contributed by atoms with E-state index >= 15 is 0 Å². The molecule has 0 aromatic heterocycles. The van der Waals surface area contributed by atoms with Crippen LogP contribution in [0.3, 0.4) is 0 Å². The molecule has 1 aliphatic carbocycles. The highest BCUT2D eigenvalue weighted by Gasteiger charge is 2.20. The van der Waals surface area contributed by atoms with Crippen LogP contribution in [0, 0.1) is 5.92 Å². The van der Waals surface area contributed by atoms with Crippen LogP contribution in [0.1, 0.15) is 70.3 Å². The summed E-state index contributed by atoms with van der Waals surface area (Å²) in [6, 6.07) is 10.2. The number of benzene rings is 1. The van der Waals surface area contributed by atoms with E-state index in [9.17, 15) is 4.79 Å². The van der Waals surface area contributed by atoms with Gasteiger partial charge in [0.25, 0.3) is 0 Å². The first-order valence-electron chi connectivity index (χ1n) is 8.73. The molecule has 22 heavy (non-hydrogen) atoms. The maximum Gasteiger partial charge on any atom is 0.243 e. The fourth-order valence-electron chi connectivity index (χ4n) is 3.02. The Morgan fingerprint density at radius 1 is 1.14 bits per heavy atom. The molecule has 1 aromatic carbocycles. The van der Waals surface area contributed by atoms with Crippen molar-refractivity contribution in [3.63, 3.8) is 0 Å². The van der Waals surface area contributed by atoms with Gasteiger partial charge in [0, 0.05) is 5.92 Å². The van der Waals surface area contributed by atoms with Crippen molar-refractivity contribution in [3.05, 3.63) is 35.9 Å². The zero-order chi connectivity index (χ0) is 15.6. The molecule has 2 rings (SSSR count). The number of nitrogens with one attached hydrogen (secondary N) is 1. The third kappa shape index (κ3) is 5.28. The van der Waals surface area contributed by atoms with Crippen molar-refractivity contribution in [1.82, 2.24) is 5.43 Å². The Bertz CT molecular complexity index is 475. The fraction of sp³-hybridized carbons (Fsp3) is 0.579. The van der Waals surface area contributed by atoms with E-state index in [1.165, 1.54) is 32.1 Å². The van der Waals surface area contributed by atoms with Crippen LogP contribution in [0.25, 0.3) is 0 Å². The maximum atomic E-state index is 12.2. The van der Waals surface area contributed by atoms with Crippen LogP contribution in [-0.4, -0.2) is 11.6 Å². The van der Waals surface area contributed by atoms with Gasteiger partial charge in [-0.25, -0.2) is 5.43 Å². The van der Waals surface area contributed by atoms with Gasteiger partial charge >= 0.3 is 0 Å². The molecule has 1 aromatic rings. The van der Waals surface area contributed by atoms with Crippen molar-refractivity contribution in [2.24, 2.45) is 11.0 Å². The minimum absolute atomic E-state index is 0.101. The lowest BCUT2D eigenvalue weighted by atomic mass is 9.89. The molecule has 0 saturated heterocycles. The van der Waals surface area contributed by atoms with Crippen molar-refractivity contribution >= 4 is 11.6 Å². The smallest absolute Gasteiger partial charge is 0.243 e. The Kier molecular flexibility index (Phi) is 7.14. The monoisotopic (exact) mass is 300 g/mol. The lowest BCUT2D eigenvalue weighted by Crippen LogP contribution is -2.29. The molecule has 1 fully saturated rings. The van der Waals surface area contributed by atoms with Gasteiger partial charge in [-0.3, -0.25) is 4.79 Å². The number of rotatable bonds is 7. The molecule has 1 saturated carbocycles. The Morgan fingerprint density at radius 3 is 2.55 bits per heavy atom. The summed E-state index contributed by atoms with van der Waals surface area (Å²) >= 11 is 0. The van der Waals surface area contributed by atoms with Gasteiger partial charge in [0.15, 0.2) is 0 Å². The van der Waals surface area contributed by atoms with Crippen LogP contribution >= 0.6 is 0 Å². The van der Waals surface area contributed by atoms with Gasteiger partial charge in [-0.05, 0) is 31.2 Å². The molecule has 0 bridgehead atoms.